The molecule has 0 radical (unpaired) electrons. The first-order valence-electron chi connectivity index (χ1n) is 6.52. The number of esters is 1. The van der Waals surface area contributed by atoms with E-state index in [1.54, 1.807) is 24.5 Å². The summed E-state index contributed by atoms with van der Waals surface area (Å²) in [5.74, 6) is -0.784. The zero-order valence-electron chi connectivity index (χ0n) is 11.9. The molecular weight excluding hydrogens is 325 g/mol. The van der Waals surface area contributed by atoms with E-state index >= 15 is 0 Å². The number of hydrogen-bond acceptors (Lipinski definition) is 2. The Labute approximate surface area is 125 Å². The maximum absolute atomic E-state index is 14.0. The second kappa shape index (κ2) is 5.56. The van der Waals surface area contributed by atoms with Gasteiger partial charge in [-0.1, -0.05) is 15.9 Å². The Morgan fingerprint density at radius 1 is 1.25 bits per heavy atom. The van der Waals surface area contributed by atoms with Crippen LogP contribution in [0.3, 0.4) is 0 Å². The summed E-state index contributed by atoms with van der Waals surface area (Å²) in [7, 11) is 0. The van der Waals surface area contributed by atoms with Crippen LogP contribution in [0.4, 0.5) is 4.39 Å². The summed E-state index contributed by atoms with van der Waals surface area (Å²) in [6.07, 6.45) is -0.210. The third-order valence-corrected chi connectivity index (χ3v) is 3.40. The molecule has 0 aliphatic heterocycles. The Morgan fingerprint density at radius 3 is 2.45 bits per heavy atom. The fraction of sp³-hybridized carbons (Fsp3) is 0.400. The minimum absolute atomic E-state index is 0.0240. The van der Waals surface area contributed by atoms with E-state index in [-0.39, 0.29) is 18.0 Å². The van der Waals surface area contributed by atoms with E-state index < -0.39 is 5.97 Å². The van der Waals surface area contributed by atoms with Gasteiger partial charge in [0, 0.05) is 15.9 Å². The maximum Gasteiger partial charge on any atom is 0.355 e. The van der Waals surface area contributed by atoms with Gasteiger partial charge in [0.25, 0.3) is 0 Å². The first-order chi connectivity index (χ1) is 9.31. The van der Waals surface area contributed by atoms with Crippen LogP contribution in [-0.2, 0) is 4.74 Å². The van der Waals surface area contributed by atoms with Crippen LogP contribution in [0, 0.1) is 5.82 Å². The smallest absolute Gasteiger partial charge is 0.355 e. The second-order valence-corrected chi connectivity index (χ2v) is 6.18. The molecule has 2 rings (SSSR count). The van der Waals surface area contributed by atoms with E-state index in [1.165, 1.54) is 6.07 Å². The lowest BCUT2D eigenvalue weighted by Crippen LogP contribution is -2.17. The topological polar surface area (TPSA) is 31.2 Å². The molecule has 0 amide bonds. The second-order valence-electron chi connectivity index (χ2n) is 5.27. The van der Waals surface area contributed by atoms with Gasteiger partial charge in [-0.2, -0.15) is 0 Å². The molecule has 20 heavy (non-hydrogen) atoms. The van der Waals surface area contributed by atoms with Gasteiger partial charge in [-0.15, -0.1) is 0 Å². The standard InChI is InChI=1S/C15H17BrFNO2/c1-8(2)18-13-6-10(16)5-12(17)11(13)7-14(18)15(19)20-9(3)4/h5-9H,1-4H3. The van der Waals surface area contributed by atoms with Crippen LogP contribution < -0.4 is 0 Å². The molecule has 1 aromatic carbocycles. The van der Waals surface area contributed by atoms with Gasteiger partial charge in [-0.05, 0) is 45.9 Å². The van der Waals surface area contributed by atoms with E-state index in [1.807, 2.05) is 19.9 Å². The Morgan fingerprint density at radius 2 is 1.90 bits per heavy atom. The third-order valence-electron chi connectivity index (χ3n) is 2.94. The Hall–Kier alpha value is -1.36. The van der Waals surface area contributed by atoms with Crippen LogP contribution in [0.5, 0.6) is 0 Å². The van der Waals surface area contributed by atoms with Crippen molar-refractivity contribution in [2.24, 2.45) is 0 Å². The molecular formula is C15H17BrFNO2. The average Bonchev–Trinajstić information content (AvgIpc) is 2.67. The molecule has 0 N–H and O–H groups in total. The summed E-state index contributed by atoms with van der Waals surface area (Å²) in [6, 6.07) is 4.78. The Bertz CT molecular complexity index is 661. The Kier molecular flexibility index (Phi) is 4.18. The molecule has 3 nitrogen and oxygen atoms in total. The summed E-state index contributed by atoms with van der Waals surface area (Å²) in [5, 5.41) is 0.428. The van der Waals surface area contributed by atoms with E-state index in [9.17, 15) is 9.18 Å². The van der Waals surface area contributed by atoms with E-state index in [0.29, 0.717) is 21.1 Å². The largest absolute Gasteiger partial charge is 0.458 e. The number of aromatic nitrogens is 1. The number of carbonyl (C=O) groups excluding carboxylic acids is 1. The first kappa shape index (κ1) is 15.0. The molecule has 0 fully saturated rings. The van der Waals surface area contributed by atoms with E-state index in [0.717, 1.165) is 0 Å². The number of halogens is 2. The molecule has 1 aromatic heterocycles. The quantitative estimate of drug-likeness (QED) is 0.758. The number of hydrogen-bond donors (Lipinski definition) is 0. The van der Waals surface area contributed by atoms with Crippen LogP contribution in [0.1, 0.15) is 44.2 Å². The number of ether oxygens (including phenoxy) is 1. The number of fused-ring (bicyclic) bond motifs is 1. The zero-order valence-corrected chi connectivity index (χ0v) is 13.5. The SMILES string of the molecule is CC(C)OC(=O)c1cc2c(F)cc(Br)cc2n1C(C)C. The summed E-state index contributed by atoms with van der Waals surface area (Å²) in [6.45, 7) is 7.48. The predicted molar refractivity (Wildman–Crippen MR) is 80.5 cm³/mol. The van der Waals surface area contributed by atoms with Gasteiger partial charge in [0.15, 0.2) is 0 Å². The summed E-state index contributed by atoms with van der Waals surface area (Å²) in [5.41, 5.74) is 1.06. The molecule has 0 saturated carbocycles. The van der Waals surface area contributed by atoms with Gasteiger partial charge in [-0.25, -0.2) is 9.18 Å². The number of rotatable bonds is 3. The molecule has 0 unspecified atom stereocenters. The highest BCUT2D eigenvalue weighted by Crippen LogP contribution is 2.30. The van der Waals surface area contributed by atoms with Crippen molar-refractivity contribution in [1.29, 1.82) is 0 Å². The van der Waals surface area contributed by atoms with Gasteiger partial charge in [-0.3, -0.25) is 0 Å². The minimum Gasteiger partial charge on any atom is -0.458 e. The van der Waals surface area contributed by atoms with Crippen molar-refractivity contribution >= 4 is 32.8 Å². The van der Waals surface area contributed by atoms with Crippen molar-refractivity contribution in [3.05, 3.63) is 34.2 Å². The predicted octanol–water partition coefficient (Wildman–Crippen LogP) is 4.69. The molecule has 0 aliphatic rings. The minimum atomic E-state index is -0.430. The third kappa shape index (κ3) is 2.73. The zero-order chi connectivity index (χ0) is 15.0. The van der Waals surface area contributed by atoms with Gasteiger partial charge in [0.1, 0.15) is 11.5 Å². The van der Waals surface area contributed by atoms with Gasteiger partial charge < -0.3 is 9.30 Å². The maximum atomic E-state index is 14.0. The highest BCUT2D eigenvalue weighted by Gasteiger charge is 2.21. The van der Waals surface area contributed by atoms with Gasteiger partial charge >= 0.3 is 5.97 Å². The molecule has 0 bridgehead atoms. The van der Waals surface area contributed by atoms with Crippen molar-refractivity contribution in [3.8, 4) is 0 Å². The Balaban J connectivity index is 2.68. The van der Waals surface area contributed by atoms with E-state index in [4.69, 9.17) is 4.74 Å². The molecule has 2 aromatic rings. The van der Waals surface area contributed by atoms with Crippen LogP contribution in [0.2, 0.25) is 0 Å². The lowest BCUT2D eigenvalue weighted by atomic mass is 10.2. The number of carbonyl (C=O) groups is 1. The normalized spacial score (nSPS) is 11.6. The highest BCUT2D eigenvalue weighted by molar-refractivity contribution is 9.10. The van der Waals surface area contributed by atoms with Crippen molar-refractivity contribution in [2.75, 3.05) is 0 Å². The van der Waals surface area contributed by atoms with Crippen LogP contribution in [0.25, 0.3) is 10.9 Å². The molecule has 0 atom stereocenters. The molecule has 0 saturated heterocycles. The fourth-order valence-corrected chi connectivity index (χ4v) is 2.66. The monoisotopic (exact) mass is 341 g/mol. The molecule has 108 valence electrons. The molecule has 0 spiro atoms. The van der Waals surface area contributed by atoms with Crippen molar-refractivity contribution in [3.63, 3.8) is 0 Å². The summed E-state index contributed by atoms with van der Waals surface area (Å²) in [4.78, 5) is 12.2. The van der Waals surface area contributed by atoms with Crippen LogP contribution in [-0.4, -0.2) is 16.6 Å². The lowest BCUT2D eigenvalue weighted by molar-refractivity contribution is 0.0364. The van der Waals surface area contributed by atoms with Gasteiger partial charge in [0.05, 0.1) is 11.6 Å². The average molecular weight is 342 g/mol. The number of benzene rings is 1. The molecule has 0 aliphatic carbocycles. The van der Waals surface area contributed by atoms with Gasteiger partial charge in [0.2, 0.25) is 0 Å². The van der Waals surface area contributed by atoms with E-state index in [2.05, 4.69) is 15.9 Å². The highest BCUT2D eigenvalue weighted by atomic mass is 79.9. The summed E-state index contributed by atoms with van der Waals surface area (Å²) >= 11 is 3.28. The van der Waals surface area contributed by atoms with Crippen molar-refractivity contribution in [2.45, 2.75) is 39.8 Å². The van der Waals surface area contributed by atoms with Crippen molar-refractivity contribution in [1.82, 2.24) is 4.57 Å². The summed E-state index contributed by atoms with van der Waals surface area (Å²) < 4.78 is 21.7. The van der Waals surface area contributed by atoms with Crippen LogP contribution in [0.15, 0.2) is 22.7 Å². The molecule has 5 heteroatoms. The fourth-order valence-electron chi connectivity index (χ4n) is 2.24. The first-order valence-corrected chi connectivity index (χ1v) is 7.31. The van der Waals surface area contributed by atoms with Crippen molar-refractivity contribution < 1.29 is 13.9 Å². The lowest BCUT2D eigenvalue weighted by Gasteiger charge is -2.15. The molecule has 1 heterocycles. The van der Waals surface area contributed by atoms with Crippen LogP contribution >= 0.6 is 15.9 Å². The number of nitrogens with zero attached hydrogens (tertiary/aromatic N) is 1.